The molecular formula is C24H21Cl4N5OS. The number of hydrogen-bond donors (Lipinski definition) is 2. The maximum absolute atomic E-state index is 12.7. The van der Waals surface area contributed by atoms with E-state index < -0.39 is 15.9 Å². The summed E-state index contributed by atoms with van der Waals surface area (Å²) in [6.07, 6.45) is 4.34. The maximum atomic E-state index is 12.7. The molecule has 0 radical (unpaired) electrons. The number of amides is 1. The predicted octanol–water partition coefficient (Wildman–Crippen LogP) is 5.79. The summed E-state index contributed by atoms with van der Waals surface area (Å²) in [5, 5.41) is 4.63. The van der Waals surface area contributed by atoms with E-state index in [4.69, 9.17) is 64.4 Å². The molecular weight excluding hydrogens is 548 g/mol. The topological polar surface area (TPSA) is 74.5 Å². The van der Waals surface area contributed by atoms with Gasteiger partial charge in [0.1, 0.15) is 0 Å². The van der Waals surface area contributed by atoms with E-state index >= 15 is 0 Å². The van der Waals surface area contributed by atoms with E-state index in [1.165, 1.54) is 6.08 Å². The van der Waals surface area contributed by atoms with Gasteiger partial charge in [-0.3, -0.25) is 9.78 Å². The predicted molar refractivity (Wildman–Crippen MR) is 150 cm³/mol. The third-order valence-electron chi connectivity index (χ3n) is 5.47. The molecule has 35 heavy (non-hydrogen) atoms. The van der Waals surface area contributed by atoms with Crippen LogP contribution in [0.4, 0.5) is 11.4 Å². The average molecular weight is 569 g/mol. The summed E-state index contributed by atoms with van der Waals surface area (Å²) in [4.78, 5) is 20.9. The Bertz CT molecular complexity index is 1280. The number of rotatable bonds is 5. The van der Waals surface area contributed by atoms with Gasteiger partial charge in [0.15, 0.2) is 11.3 Å². The summed E-state index contributed by atoms with van der Waals surface area (Å²) >= 11 is 30.9. The number of carbonyl (C=O) groups excluding carboxylic acids is 1. The average Bonchev–Trinajstić information content (AvgIpc) is 2.81. The van der Waals surface area contributed by atoms with Crippen LogP contribution in [-0.2, 0) is 4.79 Å². The van der Waals surface area contributed by atoms with Crippen molar-refractivity contribution in [3.05, 3.63) is 71.4 Å². The number of carbonyl (C=O) groups is 1. The normalized spacial score (nSPS) is 15.6. The van der Waals surface area contributed by atoms with Crippen molar-refractivity contribution in [3.8, 4) is 0 Å². The van der Waals surface area contributed by atoms with E-state index in [1.54, 1.807) is 41.4 Å². The summed E-state index contributed by atoms with van der Waals surface area (Å²) < 4.78 is -1.84. The highest BCUT2D eigenvalue weighted by molar-refractivity contribution is 7.80. The Morgan fingerprint density at radius 1 is 1.17 bits per heavy atom. The van der Waals surface area contributed by atoms with Crippen molar-refractivity contribution < 1.29 is 4.79 Å². The van der Waals surface area contributed by atoms with Crippen LogP contribution in [0.5, 0.6) is 0 Å². The minimum Gasteiger partial charge on any atom is -0.399 e. The van der Waals surface area contributed by atoms with Gasteiger partial charge in [0, 0.05) is 36.4 Å². The van der Waals surface area contributed by atoms with E-state index in [9.17, 15) is 4.79 Å². The first-order valence-electron chi connectivity index (χ1n) is 10.7. The van der Waals surface area contributed by atoms with Gasteiger partial charge in [-0.1, -0.05) is 70.7 Å². The fourth-order valence-corrected chi connectivity index (χ4v) is 4.91. The van der Waals surface area contributed by atoms with Crippen molar-refractivity contribution >= 4 is 98.0 Å². The van der Waals surface area contributed by atoms with Gasteiger partial charge in [0.05, 0.1) is 16.2 Å². The van der Waals surface area contributed by atoms with Crippen molar-refractivity contribution in [2.45, 2.75) is 16.4 Å². The molecule has 3 aromatic rings. The second-order valence-corrected chi connectivity index (χ2v) is 11.1. The molecule has 1 aliphatic rings. The fraction of sp³-hybridized carbons (Fsp3) is 0.208. The fourth-order valence-electron chi connectivity index (χ4n) is 3.84. The van der Waals surface area contributed by atoms with E-state index in [-0.39, 0.29) is 0 Å². The van der Waals surface area contributed by atoms with E-state index in [0.717, 1.165) is 28.6 Å². The smallest absolute Gasteiger partial charge is 0.245 e. The van der Waals surface area contributed by atoms with Crippen LogP contribution < -0.4 is 16.0 Å². The van der Waals surface area contributed by atoms with Gasteiger partial charge < -0.3 is 20.9 Å². The zero-order valence-electron chi connectivity index (χ0n) is 18.3. The molecule has 1 saturated heterocycles. The first-order valence-corrected chi connectivity index (χ1v) is 12.6. The lowest BCUT2D eigenvalue weighted by Crippen LogP contribution is -2.62. The molecule has 0 saturated carbocycles. The number of aromatic nitrogens is 1. The number of para-hydroxylation sites is 1. The highest BCUT2D eigenvalue weighted by Crippen LogP contribution is 2.35. The minimum atomic E-state index is -1.84. The molecule has 11 heteroatoms. The molecule has 1 amide bonds. The highest BCUT2D eigenvalue weighted by atomic mass is 35.6. The number of hydrogen-bond acceptors (Lipinski definition) is 4. The van der Waals surface area contributed by atoms with Crippen molar-refractivity contribution in [1.29, 1.82) is 0 Å². The molecule has 1 atom stereocenters. The van der Waals surface area contributed by atoms with Crippen molar-refractivity contribution in [1.82, 2.24) is 15.2 Å². The third kappa shape index (κ3) is 6.11. The highest BCUT2D eigenvalue weighted by Gasteiger charge is 2.42. The molecule has 1 unspecified atom stereocenters. The van der Waals surface area contributed by atoms with Crippen LogP contribution in [0, 0.1) is 0 Å². The first-order chi connectivity index (χ1) is 16.6. The Morgan fingerprint density at radius 3 is 2.63 bits per heavy atom. The third-order valence-corrected chi connectivity index (χ3v) is 6.75. The van der Waals surface area contributed by atoms with Crippen molar-refractivity contribution in [2.24, 2.45) is 0 Å². The molecule has 6 nitrogen and oxygen atoms in total. The van der Waals surface area contributed by atoms with Crippen molar-refractivity contribution in [2.75, 3.05) is 23.7 Å². The minimum absolute atomic E-state index is 0.416. The second kappa shape index (κ2) is 10.8. The Morgan fingerprint density at radius 2 is 1.91 bits per heavy atom. The Kier molecular flexibility index (Phi) is 7.93. The number of alkyl halides is 3. The summed E-state index contributed by atoms with van der Waals surface area (Å²) in [5.41, 5.74) is 8.71. The Balaban J connectivity index is 1.57. The molecule has 1 aromatic heterocycles. The number of benzene rings is 2. The zero-order valence-corrected chi connectivity index (χ0v) is 22.1. The van der Waals surface area contributed by atoms with Gasteiger partial charge in [-0.15, -0.1) is 0 Å². The van der Waals surface area contributed by atoms with E-state index in [0.29, 0.717) is 28.9 Å². The zero-order chi connectivity index (χ0) is 25.2. The molecule has 1 aliphatic heterocycles. The maximum Gasteiger partial charge on any atom is 0.245 e. The number of nitrogens with two attached hydrogens (primary N) is 1. The lowest BCUT2D eigenvalue weighted by molar-refractivity contribution is -0.117. The van der Waals surface area contributed by atoms with Gasteiger partial charge in [-0.05, 0) is 54.5 Å². The summed E-state index contributed by atoms with van der Waals surface area (Å²) in [6, 6.07) is 14.7. The molecule has 0 aliphatic carbocycles. The van der Waals surface area contributed by atoms with Crippen LogP contribution in [0.3, 0.4) is 0 Å². The number of pyridine rings is 1. The summed E-state index contributed by atoms with van der Waals surface area (Å²) in [5.74, 6) is -0.431. The van der Waals surface area contributed by atoms with Crippen LogP contribution in [0.15, 0.2) is 60.8 Å². The van der Waals surface area contributed by atoms with Gasteiger partial charge in [0.2, 0.25) is 9.70 Å². The number of nitrogens with one attached hydrogen (secondary N) is 1. The van der Waals surface area contributed by atoms with Crippen molar-refractivity contribution in [3.63, 3.8) is 0 Å². The number of fused-ring (bicyclic) bond motifs is 1. The molecule has 3 N–H and O–H groups in total. The van der Waals surface area contributed by atoms with E-state index in [1.807, 2.05) is 29.2 Å². The Labute approximate surface area is 228 Å². The Hall–Kier alpha value is -2.29. The molecule has 182 valence electrons. The number of anilines is 2. The van der Waals surface area contributed by atoms with Gasteiger partial charge in [-0.25, -0.2) is 0 Å². The quantitative estimate of drug-likeness (QED) is 0.175. The standard InChI is InChI=1S/C24H21Cl4N5OS/c25-17-13-16-3-1-4-19(21(16)30-14-17)32-11-2-12-33(23(32)35)22(24(26,27)28)31-20(34)10-7-15-5-8-18(29)9-6-15/h1,3-10,13-14,22H,2,11-12,29H2,(H,31,34)/b10-7+. The SMILES string of the molecule is Nc1ccc(/C=C/C(=O)NC(N2CCCN(c3cccc4cc(Cl)cnc34)C2=S)C(Cl)(Cl)Cl)cc1. The number of nitrogens with zero attached hydrogens (tertiary/aromatic N) is 3. The van der Waals surface area contributed by atoms with Gasteiger partial charge >= 0.3 is 0 Å². The molecule has 0 spiro atoms. The van der Waals surface area contributed by atoms with Crippen LogP contribution in [0.25, 0.3) is 17.0 Å². The molecule has 4 rings (SSSR count). The summed E-state index contributed by atoms with van der Waals surface area (Å²) in [7, 11) is 0. The van der Waals surface area contributed by atoms with Crippen LogP contribution in [0.2, 0.25) is 5.02 Å². The van der Waals surface area contributed by atoms with Crippen LogP contribution in [-0.4, -0.2) is 44.0 Å². The number of halogens is 4. The number of nitrogen functional groups attached to an aromatic ring is 1. The van der Waals surface area contributed by atoms with Crippen LogP contribution >= 0.6 is 58.6 Å². The largest absolute Gasteiger partial charge is 0.399 e. The monoisotopic (exact) mass is 567 g/mol. The van der Waals surface area contributed by atoms with Gasteiger partial charge in [-0.2, -0.15) is 0 Å². The van der Waals surface area contributed by atoms with Gasteiger partial charge in [0.25, 0.3) is 0 Å². The van der Waals surface area contributed by atoms with Crippen LogP contribution in [0.1, 0.15) is 12.0 Å². The summed E-state index contributed by atoms with van der Waals surface area (Å²) in [6.45, 7) is 1.15. The molecule has 1 fully saturated rings. The second-order valence-electron chi connectivity index (χ2n) is 7.94. The first kappa shape index (κ1) is 25.8. The molecule has 2 heterocycles. The lowest BCUT2D eigenvalue weighted by atomic mass is 10.1. The number of thiocarbonyl (C=S) groups is 1. The molecule has 2 aromatic carbocycles. The lowest BCUT2D eigenvalue weighted by Gasteiger charge is -2.44. The molecule has 0 bridgehead atoms. The van der Waals surface area contributed by atoms with E-state index in [2.05, 4.69) is 10.3 Å².